The van der Waals surface area contributed by atoms with Crippen molar-refractivity contribution >= 4 is 21.7 Å². The zero-order valence-electron chi connectivity index (χ0n) is 9.62. The third-order valence-electron chi connectivity index (χ3n) is 2.51. The molecule has 0 saturated heterocycles. The van der Waals surface area contributed by atoms with E-state index in [9.17, 15) is 0 Å². The van der Waals surface area contributed by atoms with Gasteiger partial charge in [0.05, 0.1) is 0 Å². The van der Waals surface area contributed by atoms with Crippen molar-refractivity contribution < 1.29 is 4.42 Å². The normalized spacial score (nSPS) is 10.6. The molecule has 2 aromatic rings. The summed E-state index contributed by atoms with van der Waals surface area (Å²) in [5, 5.41) is 0. The van der Waals surface area contributed by atoms with E-state index in [2.05, 4.69) is 31.3 Å². The monoisotopic (exact) mass is 296 g/mol. The van der Waals surface area contributed by atoms with Gasteiger partial charge in [0, 0.05) is 11.3 Å². The van der Waals surface area contributed by atoms with Gasteiger partial charge < -0.3 is 9.84 Å². The van der Waals surface area contributed by atoms with E-state index in [4.69, 9.17) is 10.3 Å². The Morgan fingerprint density at radius 2 is 2.18 bits per heavy atom. The number of halogens is 1. The first kappa shape index (κ1) is 12.1. The molecule has 0 aliphatic rings. The minimum absolute atomic E-state index is 0.533. The zero-order valence-corrected chi connectivity index (χ0v) is 11.2. The van der Waals surface area contributed by atoms with Gasteiger partial charge in [-0.1, -0.05) is 6.92 Å². The molecule has 0 amide bonds. The van der Waals surface area contributed by atoms with Crippen LogP contribution in [-0.4, -0.2) is 9.97 Å². The molecule has 0 unspecified atom stereocenters. The minimum Gasteiger partial charge on any atom is -0.446 e. The van der Waals surface area contributed by atoms with Crippen molar-refractivity contribution in [2.45, 2.75) is 20.3 Å². The summed E-state index contributed by atoms with van der Waals surface area (Å²) in [4.78, 5) is 8.78. The van der Waals surface area contributed by atoms with Gasteiger partial charge in [-0.25, -0.2) is 15.8 Å². The number of hydrogen-bond donors (Lipinski definition) is 2. The Kier molecular flexibility index (Phi) is 3.44. The maximum Gasteiger partial charge on any atom is 0.197 e. The van der Waals surface area contributed by atoms with E-state index in [-0.39, 0.29) is 0 Å². The standard InChI is InChI=1S/C11H13BrN4O/c1-3-7-6(2)10(16-13)15-11(14-7)8-4-5-9(12)17-8/h4-5H,3,13H2,1-2H3,(H,14,15,16). The molecule has 0 bridgehead atoms. The second-order valence-corrected chi connectivity index (χ2v) is 4.35. The molecule has 0 fully saturated rings. The molecule has 2 aromatic heterocycles. The molecule has 0 aromatic carbocycles. The first-order chi connectivity index (χ1) is 8.15. The molecule has 0 aliphatic heterocycles. The first-order valence-electron chi connectivity index (χ1n) is 5.25. The van der Waals surface area contributed by atoms with Gasteiger partial charge in [0.1, 0.15) is 5.82 Å². The number of aryl methyl sites for hydroxylation is 1. The average Bonchev–Trinajstić information content (AvgIpc) is 2.76. The van der Waals surface area contributed by atoms with Gasteiger partial charge >= 0.3 is 0 Å². The largest absolute Gasteiger partial charge is 0.446 e. The summed E-state index contributed by atoms with van der Waals surface area (Å²) in [5.41, 5.74) is 4.50. The van der Waals surface area contributed by atoms with Crippen molar-refractivity contribution in [2.24, 2.45) is 5.84 Å². The maximum absolute atomic E-state index is 5.45. The van der Waals surface area contributed by atoms with Gasteiger partial charge in [0.15, 0.2) is 16.3 Å². The van der Waals surface area contributed by atoms with Gasteiger partial charge in [-0.2, -0.15) is 0 Å². The number of anilines is 1. The number of nitrogen functional groups attached to an aromatic ring is 1. The number of hydrazine groups is 1. The van der Waals surface area contributed by atoms with Crippen LogP contribution >= 0.6 is 15.9 Å². The average molecular weight is 297 g/mol. The van der Waals surface area contributed by atoms with Gasteiger partial charge in [-0.3, -0.25) is 0 Å². The van der Waals surface area contributed by atoms with Crippen molar-refractivity contribution in [3.05, 3.63) is 28.1 Å². The predicted octanol–water partition coefficient (Wildman–Crippen LogP) is 2.66. The number of rotatable bonds is 3. The lowest BCUT2D eigenvalue weighted by atomic mass is 10.2. The van der Waals surface area contributed by atoms with E-state index in [1.807, 2.05) is 19.9 Å². The van der Waals surface area contributed by atoms with Crippen molar-refractivity contribution in [2.75, 3.05) is 5.43 Å². The SMILES string of the molecule is CCc1nc(-c2ccc(Br)o2)nc(NN)c1C. The summed E-state index contributed by atoms with van der Waals surface area (Å²) in [6.45, 7) is 3.98. The summed E-state index contributed by atoms with van der Waals surface area (Å²) in [6.07, 6.45) is 0.817. The summed E-state index contributed by atoms with van der Waals surface area (Å²) >= 11 is 3.25. The second kappa shape index (κ2) is 4.85. The van der Waals surface area contributed by atoms with Crippen LogP contribution < -0.4 is 11.3 Å². The van der Waals surface area contributed by atoms with Crippen molar-refractivity contribution in [3.8, 4) is 11.6 Å². The molecule has 0 spiro atoms. The fourth-order valence-corrected chi connectivity index (χ4v) is 1.90. The lowest BCUT2D eigenvalue weighted by Gasteiger charge is -2.09. The number of furan rings is 1. The molecule has 90 valence electrons. The summed E-state index contributed by atoms with van der Waals surface area (Å²) < 4.78 is 6.08. The van der Waals surface area contributed by atoms with Crippen LogP contribution in [0.25, 0.3) is 11.6 Å². The molecule has 17 heavy (non-hydrogen) atoms. The van der Waals surface area contributed by atoms with Gasteiger partial charge in [0.2, 0.25) is 0 Å². The summed E-state index contributed by atoms with van der Waals surface area (Å²) in [7, 11) is 0. The lowest BCUT2D eigenvalue weighted by molar-refractivity contribution is 0.551. The summed E-state index contributed by atoms with van der Waals surface area (Å²) in [6, 6.07) is 3.62. The second-order valence-electron chi connectivity index (χ2n) is 3.57. The molecule has 5 nitrogen and oxygen atoms in total. The Hall–Kier alpha value is -1.40. The van der Waals surface area contributed by atoms with E-state index in [0.717, 1.165) is 17.7 Å². The van der Waals surface area contributed by atoms with Crippen LogP contribution in [0.1, 0.15) is 18.2 Å². The Labute approximate surface area is 108 Å². The Morgan fingerprint density at radius 3 is 2.71 bits per heavy atom. The molecular weight excluding hydrogens is 284 g/mol. The Bertz CT molecular complexity index is 513. The van der Waals surface area contributed by atoms with Crippen LogP contribution in [0.4, 0.5) is 5.82 Å². The highest BCUT2D eigenvalue weighted by Gasteiger charge is 2.12. The third-order valence-corrected chi connectivity index (χ3v) is 2.94. The van der Waals surface area contributed by atoms with E-state index in [0.29, 0.717) is 22.1 Å². The molecule has 2 rings (SSSR count). The smallest absolute Gasteiger partial charge is 0.197 e. The van der Waals surface area contributed by atoms with E-state index < -0.39 is 0 Å². The van der Waals surface area contributed by atoms with E-state index in [1.165, 1.54) is 0 Å². The fourth-order valence-electron chi connectivity index (χ4n) is 1.59. The highest BCUT2D eigenvalue weighted by Crippen LogP contribution is 2.25. The van der Waals surface area contributed by atoms with Crippen LogP contribution in [0.3, 0.4) is 0 Å². The van der Waals surface area contributed by atoms with Crippen LogP contribution in [0.5, 0.6) is 0 Å². The predicted molar refractivity (Wildman–Crippen MR) is 69.4 cm³/mol. The first-order valence-corrected chi connectivity index (χ1v) is 6.04. The van der Waals surface area contributed by atoms with Gasteiger partial charge in [-0.15, -0.1) is 0 Å². The number of nitrogens with two attached hydrogens (primary N) is 1. The quantitative estimate of drug-likeness (QED) is 0.672. The van der Waals surface area contributed by atoms with Crippen LogP contribution in [0.15, 0.2) is 21.2 Å². The fraction of sp³-hybridized carbons (Fsp3) is 0.273. The maximum atomic E-state index is 5.45. The molecule has 0 aliphatic carbocycles. The molecule has 3 N–H and O–H groups in total. The lowest BCUT2D eigenvalue weighted by Crippen LogP contribution is -2.13. The molecule has 0 radical (unpaired) electrons. The van der Waals surface area contributed by atoms with Crippen LogP contribution in [-0.2, 0) is 6.42 Å². The van der Waals surface area contributed by atoms with E-state index >= 15 is 0 Å². The molecular formula is C11H13BrN4O. The number of nitrogens with one attached hydrogen (secondary N) is 1. The van der Waals surface area contributed by atoms with Crippen molar-refractivity contribution in [1.82, 2.24) is 9.97 Å². The van der Waals surface area contributed by atoms with Crippen LogP contribution in [0, 0.1) is 6.92 Å². The number of aromatic nitrogens is 2. The van der Waals surface area contributed by atoms with Crippen LogP contribution in [0.2, 0.25) is 0 Å². The molecule has 0 saturated carbocycles. The highest BCUT2D eigenvalue weighted by molar-refractivity contribution is 9.10. The number of hydrogen-bond acceptors (Lipinski definition) is 5. The van der Waals surface area contributed by atoms with Crippen molar-refractivity contribution in [1.29, 1.82) is 0 Å². The number of nitrogens with zero attached hydrogens (tertiary/aromatic N) is 2. The topological polar surface area (TPSA) is 77.0 Å². The zero-order chi connectivity index (χ0) is 12.4. The minimum atomic E-state index is 0.533. The van der Waals surface area contributed by atoms with Gasteiger partial charge in [0.25, 0.3) is 0 Å². The Balaban J connectivity index is 2.55. The highest BCUT2D eigenvalue weighted by atomic mass is 79.9. The summed E-state index contributed by atoms with van der Waals surface area (Å²) in [5.74, 6) is 7.22. The van der Waals surface area contributed by atoms with Gasteiger partial charge in [-0.05, 0) is 41.4 Å². The van der Waals surface area contributed by atoms with E-state index in [1.54, 1.807) is 6.07 Å². The molecule has 6 heteroatoms. The molecule has 0 atom stereocenters. The van der Waals surface area contributed by atoms with Crippen molar-refractivity contribution in [3.63, 3.8) is 0 Å². The Morgan fingerprint density at radius 1 is 1.41 bits per heavy atom. The molecule has 2 heterocycles. The third kappa shape index (κ3) is 2.32.